The fourth-order valence-corrected chi connectivity index (χ4v) is 4.14. The Labute approximate surface area is 217 Å². The van der Waals surface area contributed by atoms with Crippen molar-refractivity contribution in [3.05, 3.63) is 71.1 Å². The third-order valence-electron chi connectivity index (χ3n) is 5.80. The number of esters is 2. The minimum atomic E-state index is -0.793. The Hall–Kier alpha value is -4.14. The van der Waals surface area contributed by atoms with Gasteiger partial charge in [-0.3, -0.25) is 0 Å². The standard InChI is InChI=1S/C28H33NO8/c1-7-36-27(30)21-16-29(15-18-9-11-20(32-3)12-10-18)17-22(28(31)37-8-2)25(21)19-13-23(33-4)26(35-6)24(14-19)34-5/h9-14,16-17,25H,7-8,15H2,1-6H3. The fourth-order valence-electron chi connectivity index (χ4n) is 4.14. The van der Waals surface area contributed by atoms with Gasteiger partial charge in [0.15, 0.2) is 11.5 Å². The van der Waals surface area contributed by atoms with Crippen LogP contribution in [0.4, 0.5) is 0 Å². The Morgan fingerprint density at radius 2 is 1.27 bits per heavy atom. The van der Waals surface area contributed by atoms with Crippen molar-refractivity contribution in [2.75, 3.05) is 41.7 Å². The minimum absolute atomic E-state index is 0.176. The number of rotatable bonds is 11. The lowest BCUT2D eigenvalue weighted by Gasteiger charge is -2.31. The molecule has 1 aliphatic heterocycles. The monoisotopic (exact) mass is 511 g/mol. The van der Waals surface area contributed by atoms with E-state index < -0.39 is 17.9 Å². The zero-order chi connectivity index (χ0) is 26.9. The number of carbonyl (C=O) groups is 2. The maximum absolute atomic E-state index is 13.2. The van der Waals surface area contributed by atoms with Crippen LogP contribution in [0.2, 0.25) is 0 Å². The van der Waals surface area contributed by atoms with Gasteiger partial charge in [0.05, 0.1) is 58.7 Å². The molecule has 0 saturated heterocycles. The van der Waals surface area contributed by atoms with Gasteiger partial charge in [-0.25, -0.2) is 9.59 Å². The van der Waals surface area contributed by atoms with Crippen molar-refractivity contribution < 1.29 is 38.0 Å². The molecule has 0 fully saturated rings. The Morgan fingerprint density at radius 3 is 1.68 bits per heavy atom. The molecule has 9 nitrogen and oxygen atoms in total. The number of hydrogen-bond donors (Lipinski definition) is 0. The zero-order valence-electron chi connectivity index (χ0n) is 22.0. The molecule has 0 atom stereocenters. The highest BCUT2D eigenvalue weighted by Gasteiger charge is 2.36. The molecule has 0 aliphatic carbocycles. The van der Waals surface area contributed by atoms with Crippen LogP contribution >= 0.6 is 0 Å². The van der Waals surface area contributed by atoms with Crippen molar-refractivity contribution in [3.63, 3.8) is 0 Å². The van der Waals surface area contributed by atoms with Crippen LogP contribution in [0.25, 0.3) is 0 Å². The maximum atomic E-state index is 13.2. The second-order valence-electron chi connectivity index (χ2n) is 8.02. The van der Waals surface area contributed by atoms with Crippen LogP contribution in [-0.4, -0.2) is 58.5 Å². The summed E-state index contributed by atoms with van der Waals surface area (Å²) in [4.78, 5) is 28.2. The van der Waals surface area contributed by atoms with Gasteiger partial charge in [0, 0.05) is 18.9 Å². The quantitative estimate of drug-likeness (QED) is 0.411. The van der Waals surface area contributed by atoms with Gasteiger partial charge in [0.1, 0.15) is 5.75 Å². The second-order valence-corrected chi connectivity index (χ2v) is 8.02. The van der Waals surface area contributed by atoms with E-state index in [4.69, 9.17) is 28.4 Å². The summed E-state index contributed by atoms with van der Waals surface area (Å²) in [6.45, 7) is 4.21. The lowest BCUT2D eigenvalue weighted by Crippen LogP contribution is -2.29. The number of carbonyl (C=O) groups excluding carboxylic acids is 2. The summed E-state index contributed by atoms with van der Waals surface area (Å²) in [5, 5.41) is 0. The summed E-state index contributed by atoms with van der Waals surface area (Å²) >= 11 is 0. The van der Waals surface area contributed by atoms with Crippen LogP contribution < -0.4 is 18.9 Å². The Bertz CT molecular complexity index is 1110. The van der Waals surface area contributed by atoms with Gasteiger partial charge in [-0.2, -0.15) is 0 Å². The van der Waals surface area contributed by atoms with Gasteiger partial charge in [-0.05, 0) is 49.2 Å². The molecule has 198 valence electrons. The number of ether oxygens (including phenoxy) is 6. The molecule has 0 amide bonds. The summed E-state index contributed by atoms with van der Waals surface area (Å²) in [6, 6.07) is 11.0. The molecular weight excluding hydrogens is 478 g/mol. The molecular formula is C28H33NO8. The highest BCUT2D eigenvalue weighted by molar-refractivity contribution is 5.98. The molecule has 2 aromatic rings. The van der Waals surface area contributed by atoms with Crippen LogP contribution in [0.1, 0.15) is 30.9 Å². The molecule has 3 rings (SSSR count). The molecule has 9 heteroatoms. The van der Waals surface area contributed by atoms with E-state index in [-0.39, 0.29) is 24.4 Å². The second kappa shape index (κ2) is 12.7. The van der Waals surface area contributed by atoms with E-state index in [1.807, 2.05) is 24.3 Å². The molecule has 1 aliphatic rings. The van der Waals surface area contributed by atoms with Crippen molar-refractivity contribution in [1.29, 1.82) is 0 Å². The molecule has 0 aromatic heterocycles. The summed E-state index contributed by atoms with van der Waals surface area (Å²) in [7, 11) is 6.11. The zero-order valence-corrected chi connectivity index (χ0v) is 22.0. The van der Waals surface area contributed by atoms with Crippen LogP contribution in [-0.2, 0) is 25.6 Å². The predicted molar refractivity (Wildman–Crippen MR) is 137 cm³/mol. The van der Waals surface area contributed by atoms with Gasteiger partial charge in [0.25, 0.3) is 0 Å². The lowest BCUT2D eigenvalue weighted by molar-refractivity contribution is -0.139. The first-order valence-corrected chi connectivity index (χ1v) is 11.9. The SMILES string of the molecule is CCOC(=O)C1=CN(Cc2ccc(OC)cc2)C=C(C(=O)OCC)C1c1cc(OC)c(OC)c(OC)c1. The lowest BCUT2D eigenvalue weighted by atomic mass is 9.83. The normalized spacial score (nSPS) is 13.3. The van der Waals surface area contributed by atoms with Gasteiger partial charge in [-0.15, -0.1) is 0 Å². The van der Waals surface area contributed by atoms with E-state index in [0.717, 1.165) is 11.3 Å². The van der Waals surface area contributed by atoms with Gasteiger partial charge >= 0.3 is 11.9 Å². The number of benzene rings is 2. The smallest absolute Gasteiger partial charge is 0.336 e. The topological polar surface area (TPSA) is 92.8 Å². The Morgan fingerprint density at radius 1 is 0.757 bits per heavy atom. The summed E-state index contributed by atoms with van der Waals surface area (Å²) in [5.41, 5.74) is 2.08. The highest BCUT2D eigenvalue weighted by atomic mass is 16.5. The van der Waals surface area contributed by atoms with Crippen molar-refractivity contribution in [1.82, 2.24) is 4.90 Å². The van der Waals surface area contributed by atoms with E-state index >= 15 is 0 Å². The Balaban J connectivity index is 2.16. The summed E-state index contributed by atoms with van der Waals surface area (Å²) < 4.78 is 32.5. The van der Waals surface area contributed by atoms with Crippen molar-refractivity contribution in [2.24, 2.45) is 0 Å². The van der Waals surface area contributed by atoms with Crippen molar-refractivity contribution in [3.8, 4) is 23.0 Å². The van der Waals surface area contributed by atoms with Gasteiger partial charge in [0.2, 0.25) is 5.75 Å². The molecule has 0 unspecified atom stereocenters. The molecule has 0 saturated carbocycles. The molecule has 0 bridgehead atoms. The molecule has 1 heterocycles. The van der Waals surface area contributed by atoms with Crippen LogP contribution in [0, 0.1) is 0 Å². The number of nitrogens with zero attached hydrogens (tertiary/aromatic N) is 1. The van der Waals surface area contributed by atoms with Gasteiger partial charge < -0.3 is 33.3 Å². The third-order valence-corrected chi connectivity index (χ3v) is 5.80. The molecule has 0 radical (unpaired) electrons. The number of methoxy groups -OCH3 is 4. The predicted octanol–water partition coefficient (Wildman–Crippen LogP) is 4.21. The molecule has 0 N–H and O–H groups in total. The molecule has 2 aromatic carbocycles. The summed E-state index contributed by atoms with van der Waals surface area (Å²) in [5.74, 6) is 0.0305. The van der Waals surface area contributed by atoms with E-state index in [0.29, 0.717) is 29.4 Å². The van der Waals surface area contributed by atoms with Crippen LogP contribution in [0.15, 0.2) is 59.9 Å². The first-order valence-electron chi connectivity index (χ1n) is 11.9. The first kappa shape index (κ1) is 27.4. The van der Waals surface area contributed by atoms with E-state index in [2.05, 4.69) is 0 Å². The van der Waals surface area contributed by atoms with Crippen LogP contribution in [0.3, 0.4) is 0 Å². The molecule has 0 spiro atoms. The number of hydrogen-bond acceptors (Lipinski definition) is 9. The van der Waals surface area contributed by atoms with Crippen LogP contribution in [0.5, 0.6) is 23.0 Å². The van der Waals surface area contributed by atoms with E-state index in [1.54, 1.807) is 50.4 Å². The minimum Gasteiger partial charge on any atom is -0.497 e. The third kappa shape index (κ3) is 6.17. The largest absolute Gasteiger partial charge is 0.497 e. The van der Waals surface area contributed by atoms with Crippen molar-refractivity contribution >= 4 is 11.9 Å². The Kier molecular flexibility index (Phi) is 9.43. The maximum Gasteiger partial charge on any atom is 0.336 e. The average molecular weight is 512 g/mol. The molecule has 37 heavy (non-hydrogen) atoms. The van der Waals surface area contributed by atoms with Crippen molar-refractivity contribution in [2.45, 2.75) is 26.3 Å². The van der Waals surface area contributed by atoms with E-state index in [1.165, 1.54) is 21.3 Å². The summed E-state index contributed by atoms with van der Waals surface area (Å²) in [6.07, 6.45) is 3.39. The van der Waals surface area contributed by atoms with Gasteiger partial charge in [-0.1, -0.05) is 12.1 Å². The van der Waals surface area contributed by atoms with E-state index in [9.17, 15) is 9.59 Å². The fraction of sp³-hybridized carbons (Fsp3) is 0.357. The highest BCUT2D eigenvalue weighted by Crippen LogP contribution is 2.45. The first-order chi connectivity index (χ1) is 17.9. The average Bonchev–Trinajstić information content (AvgIpc) is 2.92.